The van der Waals surface area contributed by atoms with Crippen LogP contribution in [0.15, 0.2) is 28.7 Å². The molecule has 3 heterocycles. The number of amides is 1. The van der Waals surface area contributed by atoms with E-state index in [0.717, 1.165) is 42.6 Å². The second-order valence-electron chi connectivity index (χ2n) is 6.64. The zero-order valence-corrected chi connectivity index (χ0v) is 14.2. The van der Waals surface area contributed by atoms with Gasteiger partial charge in [0.05, 0.1) is 0 Å². The number of nitrogens with zero attached hydrogens (tertiary/aromatic N) is 2. The first-order chi connectivity index (χ1) is 10.7. The highest BCUT2D eigenvalue weighted by Gasteiger charge is 2.40. The molecule has 22 heavy (non-hydrogen) atoms. The SMILES string of the molecule is O=C(O[C@@H]1CN2CCC1CC2)N(c1ccc(Br)cc1)C1CC1. The van der Waals surface area contributed by atoms with Crippen LogP contribution in [-0.2, 0) is 4.74 Å². The van der Waals surface area contributed by atoms with Crippen LogP contribution in [0.5, 0.6) is 0 Å². The molecule has 3 aliphatic heterocycles. The number of benzene rings is 1. The molecule has 5 rings (SSSR count). The van der Waals surface area contributed by atoms with Crippen molar-refractivity contribution in [2.75, 3.05) is 24.5 Å². The monoisotopic (exact) mass is 364 g/mol. The van der Waals surface area contributed by atoms with Gasteiger partial charge in [-0.2, -0.15) is 0 Å². The smallest absolute Gasteiger partial charge is 0.414 e. The standard InChI is InChI=1S/C17H21BrN2O2/c18-13-1-3-14(4-2-13)20(15-5-6-15)17(21)22-16-11-19-9-7-12(16)8-10-19/h1-4,12,15-16H,5-11H2/t16-/m1/s1. The molecule has 118 valence electrons. The highest BCUT2D eigenvalue weighted by atomic mass is 79.9. The molecule has 1 amide bonds. The molecule has 0 aromatic heterocycles. The van der Waals surface area contributed by atoms with Crippen molar-refractivity contribution < 1.29 is 9.53 Å². The maximum atomic E-state index is 12.7. The number of hydrogen-bond donors (Lipinski definition) is 0. The van der Waals surface area contributed by atoms with Crippen LogP contribution < -0.4 is 4.90 Å². The average molecular weight is 365 g/mol. The van der Waals surface area contributed by atoms with Crippen LogP contribution >= 0.6 is 15.9 Å². The van der Waals surface area contributed by atoms with Gasteiger partial charge in [0.1, 0.15) is 6.10 Å². The molecular formula is C17H21BrN2O2. The van der Waals surface area contributed by atoms with Gasteiger partial charge in [0.2, 0.25) is 0 Å². The summed E-state index contributed by atoms with van der Waals surface area (Å²) < 4.78 is 6.93. The number of halogens is 1. The Morgan fingerprint density at radius 1 is 1.14 bits per heavy atom. The highest BCUT2D eigenvalue weighted by Crippen LogP contribution is 2.35. The quantitative estimate of drug-likeness (QED) is 0.820. The lowest BCUT2D eigenvalue weighted by Gasteiger charge is -2.44. The van der Waals surface area contributed by atoms with E-state index in [1.54, 1.807) is 0 Å². The molecule has 1 atom stereocenters. The summed E-state index contributed by atoms with van der Waals surface area (Å²) in [6, 6.07) is 8.24. The summed E-state index contributed by atoms with van der Waals surface area (Å²) in [6.07, 6.45) is 4.39. The molecule has 4 fully saturated rings. The summed E-state index contributed by atoms with van der Waals surface area (Å²) >= 11 is 3.45. The third-order valence-electron chi connectivity index (χ3n) is 5.06. The zero-order chi connectivity index (χ0) is 15.1. The van der Waals surface area contributed by atoms with Crippen molar-refractivity contribution in [3.05, 3.63) is 28.7 Å². The maximum Gasteiger partial charge on any atom is 0.414 e. The van der Waals surface area contributed by atoms with Crippen molar-refractivity contribution in [1.82, 2.24) is 4.90 Å². The molecule has 5 heteroatoms. The fourth-order valence-electron chi connectivity index (χ4n) is 3.63. The van der Waals surface area contributed by atoms with E-state index in [0.29, 0.717) is 12.0 Å². The molecule has 1 aliphatic carbocycles. The van der Waals surface area contributed by atoms with Crippen LogP contribution in [0, 0.1) is 5.92 Å². The molecule has 2 bridgehead atoms. The summed E-state index contributed by atoms with van der Waals surface area (Å²) in [7, 11) is 0. The number of piperidine rings is 3. The number of carbonyl (C=O) groups is 1. The van der Waals surface area contributed by atoms with Crippen molar-refractivity contribution >= 4 is 27.7 Å². The lowest BCUT2D eigenvalue weighted by molar-refractivity contribution is -0.0311. The van der Waals surface area contributed by atoms with Crippen LogP contribution in [0.2, 0.25) is 0 Å². The van der Waals surface area contributed by atoms with E-state index in [4.69, 9.17) is 4.74 Å². The van der Waals surface area contributed by atoms with Gasteiger partial charge in [-0.3, -0.25) is 9.80 Å². The van der Waals surface area contributed by atoms with E-state index in [1.165, 1.54) is 12.8 Å². The maximum absolute atomic E-state index is 12.7. The highest BCUT2D eigenvalue weighted by molar-refractivity contribution is 9.10. The first kappa shape index (κ1) is 14.5. The minimum Gasteiger partial charge on any atom is -0.444 e. The fourth-order valence-corrected chi connectivity index (χ4v) is 3.89. The first-order valence-electron chi connectivity index (χ1n) is 8.18. The van der Waals surface area contributed by atoms with Gasteiger partial charge in [-0.05, 0) is 69.0 Å². The lowest BCUT2D eigenvalue weighted by Crippen LogP contribution is -2.53. The molecule has 1 aromatic rings. The van der Waals surface area contributed by atoms with Crippen molar-refractivity contribution in [3.8, 4) is 0 Å². The van der Waals surface area contributed by atoms with Gasteiger partial charge in [-0.1, -0.05) is 15.9 Å². The van der Waals surface area contributed by atoms with Crippen LogP contribution in [0.3, 0.4) is 0 Å². The normalized spacial score (nSPS) is 30.1. The van der Waals surface area contributed by atoms with Gasteiger partial charge in [-0.25, -0.2) is 4.79 Å². The number of fused-ring (bicyclic) bond motifs is 3. The minimum atomic E-state index is -0.163. The summed E-state index contributed by atoms with van der Waals surface area (Å²) in [6.45, 7) is 3.24. The Balaban J connectivity index is 1.48. The Hall–Kier alpha value is -1.07. The van der Waals surface area contributed by atoms with Crippen molar-refractivity contribution in [3.63, 3.8) is 0 Å². The van der Waals surface area contributed by atoms with Gasteiger partial charge in [0, 0.05) is 22.7 Å². The van der Waals surface area contributed by atoms with Crippen LogP contribution in [-0.4, -0.2) is 42.8 Å². The Bertz CT molecular complexity index is 550. The van der Waals surface area contributed by atoms with E-state index in [9.17, 15) is 4.79 Å². The molecule has 0 spiro atoms. The molecule has 1 aromatic carbocycles. The number of anilines is 1. The lowest BCUT2D eigenvalue weighted by atomic mass is 9.86. The average Bonchev–Trinajstić information content (AvgIpc) is 3.35. The van der Waals surface area contributed by atoms with Crippen LogP contribution in [0.4, 0.5) is 10.5 Å². The summed E-state index contributed by atoms with van der Waals surface area (Å²) in [5.74, 6) is 0.555. The van der Waals surface area contributed by atoms with E-state index in [2.05, 4.69) is 20.8 Å². The predicted molar refractivity (Wildman–Crippen MR) is 89.1 cm³/mol. The Morgan fingerprint density at radius 3 is 2.36 bits per heavy atom. The topological polar surface area (TPSA) is 32.8 Å². The molecule has 3 saturated heterocycles. The number of carbonyl (C=O) groups excluding carboxylic acids is 1. The van der Waals surface area contributed by atoms with Crippen molar-refractivity contribution in [1.29, 1.82) is 0 Å². The Morgan fingerprint density at radius 2 is 1.82 bits per heavy atom. The molecule has 0 N–H and O–H groups in total. The molecule has 4 aliphatic rings. The van der Waals surface area contributed by atoms with Crippen LogP contribution in [0.25, 0.3) is 0 Å². The molecule has 0 radical (unpaired) electrons. The largest absolute Gasteiger partial charge is 0.444 e. The second-order valence-corrected chi connectivity index (χ2v) is 7.55. The van der Waals surface area contributed by atoms with Crippen molar-refractivity contribution in [2.24, 2.45) is 5.92 Å². The Labute approximate surface area is 139 Å². The number of hydrogen-bond acceptors (Lipinski definition) is 3. The number of ether oxygens (including phenoxy) is 1. The minimum absolute atomic E-state index is 0.0756. The second kappa shape index (κ2) is 5.85. The zero-order valence-electron chi connectivity index (χ0n) is 12.6. The van der Waals surface area contributed by atoms with Gasteiger partial charge < -0.3 is 4.74 Å². The molecular weight excluding hydrogens is 344 g/mol. The fraction of sp³-hybridized carbons (Fsp3) is 0.588. The summed E-state index contributed by atoms with van der Waals surface area (Å²) in [5.41, 5.74) is 0.942. The van der Waals surface area contributed by atoms with E-state index in [-0.39, 0.29) is 12.2 Å². The van der Waals surface area contributed by atoms with Gasteiger partial charge in [0.15, 0.2) is 0 Å². The molecule has 4 nitrogen and oxygen atoms in total. The molecule has 1 saturated carbocycles. The Kier molecular flexibility index (Phi) is 3.86. The van der Waals surface area contributed by atoms with E-state index >= 15 is 0 Å². The molecule has 0 unspecified atom stereocenters. The van der Waals surface area contributed by atoms with Crippen LogP contribution in [0.1, 0.15) is 25.7 Å². The van der Waals surface area contributed by atoms with Gasteiger partial charge in [0.25, 0.3) is 0 Å². The van der Waals surface area contributed by atoms with Gasteiger partial charge in [-0.15, -0.1) is 0 Å². The van der Waals surface area contributed by atoms with E-state index in [1.807, 2.05) is 29.2 Å². The third-order valence-corrected chi connectivity index (χ3v) is 5.59. The van der Waals surface area contributed by atoms with Gasteiger partial charge >= 0.3 is 6.09 Å². The third kappa shape index (κ3) is 2.88. The summed E-state index contributed by atoms with van der Waals surface area (Å²) in [4.78, 5) is 17.0. The predicted octanol–water partition coefficient (Wildman–Crippen LogP) is 3.65. The number of rotatable bonds is 3. The summed E-state index contributed by atoms with van der Waals surface area (Å²) in [5, 5.41) is 0. The van der Waals surface area contributed by atoms with Crippen molar-refractivity contribution in [2.45, 2.75) is 37.8 Å². The van der Waals surface area contributed by atoms with E-state index < -0.39 is 0 Å². The first-order valence-corrected chi connectivity index (χ1v) is 8.98.